The number of benzene rings is 7. The van der Waals surface area contributed by atoms with Gasteiger partial charge in [-0.05, 0) is 110 Å². The Morgan fingerprint density at radius 1 is 0.481 bits per heavy atom. The summed E-state index contributed by atoms with van der Waals surface area (Å²) in [6, 6.07) is 56.0. The Morgan fingerprint density at radius 3 is 2.11 bits per heavy atom. The normalized spacial score (nSPS) is 18.5. The summed E-state index contributed by atoms with van der Waals surface area (Å²) in [7, 11) is 0. The van der Waals surface area contributed by atoms with Crippen LogP contribution in [-0.2, 0) is 10.8 Å². The second-order valence-electron chi connectivity index (χ2n) is 15.9. The van der Waals surface area contributed by atoms with Crippen LogP contribution in [0.15, 0.2) is 180 Å². The highest BCUT2D eigenvalue weighted by Gasteiger charge is 2.42. The van der Waals surface area contributed by atoms with Crippen molar-refractivity contribution in [3.05, 3.63) is 198 Å². The standard InChI is InChI=1S/C52H39NO/c1-51(2)45-19-8-6-17-40(45)43-31-36(24-26-46(43)51)53(35-14-12-13-33(29-35)34-22-27-50-44(30-34)42-18-7-9-21-49(42)54-50)37-23-25-41-38-15-4-5-16-39(38)47-20-10-11-28-52(47,3)48(41)32-37/h4-32,47H,1-3H3. The predicted molar refractivity (Wildman–Crippen MR) is 225 cm³/mol. The number of rotatable bonds is 4. The van der Waals surface area contributed by atoms with Gasteiger partial charge < -0.3 is 9.32 Å². The van der Waals surface area contributed by atoms with Gasteiger partial charge in [-0.2, -0.15) is 0 Å². The van der Waals surface area contributed by atoms with E-state index in [1.807, 2.05) is 12.1 Å². The van der Waals surface area contributed by atoms with E-state index in [2.05, 4.69) is 190 Å². The van der Waals surface area contributed by atoms with E-state index >= 15 is 0 Å². The quantitative estimate of drug-likeness (QED) is 0.182. The Balaban J connectivity index is 1.12. The van der Waals surface area contributed by atoms with Gasteiger partial charge in [0.15, 0.2) is 0 Å². The molecule has 11 rings (SSSR count). The lowest BCUT2D eigenvalue weighted by molar-refractivity contribution is 0.519. The van der Waals surface area contributed by atoms with E-state index in [1.54, 1.807) is 0 Å². The summed E-state index contributed by atoms with van der Waals surface area (Å²) in [4.78, 5) is 2.46. The average molecular weight is 694 g/mol. The maximum atomic E-state index is 6.19. The first-order chi connectivity index (χ1) is 26.4. The van der Waals surface area contributed by atoms with Crippen LogP contribution >= 0.6 is 0 Å². The van der Waals surface area contributed by atoms with Crippen LogP contribution in [0.1, 0.15) is 48.9 Å². The largest absolute Gasteiger partial charge is 0.456 e. The maximum Gasteiger partial charge on any atom is 0.135 e. The summed E-state index contributed by atoms with van der Waals surface area (Å²) in [5, 5.41) is 2.28. The van der Waals surface area contributed by atoms with E-state index < -0.39 is 0 Å². The van der Waals surface area contributed by atoms with Crippen LogP contribution in [0.5, 0.6) is 0 Å². The first-order valence-corrected chi connectivity index (χ1v) is 19.0. The van der Waals surface area contributed by atoms with Gasteiger partial charge >= 0.3 is 0 Å². The fraction of sp³-hybridized carbons (Fsp3) is 0.115. The predicted octanol–water partition coefficient (Wildman–Crippen LogP) is 14.2. The summed E-state index contributed by atoms with van der Waals surface area (Å²) in [5.41, 5.74) is 18.1. The van der Waals surface area contributed by atoms with E-state index in [0.29, 0.717) is 0 Å². The van der Waals surface area contributed by atoms with E-state index in [9.17, 15) is 0 Å². The second kappa shape index (κ2) is 11.3. The molecule has 0 radical (unpaired) electrons. The SMILES string of the molecule is CC1(C)c2ccccc2-c2cc(N(c3cccc(-c4ccc5oc6ccccc6c5c4)c3)c3ccc4c(c3)C3(C)C=CC=CC3c3ccccc3-4)ccc21. The molecule has 1 aromatic heterocycles. The Morgan fingerprint density at radius 2 is 1.19 bits per heavy atom. The average Bonchev–Trinajstić information content (AvgIpc) is 3.69. The lowest BCUT2D eigenvalue weighted by Gasteiger charge is -2.43. The minimum Gasteiger partial charge on any atom is -0.456 e. The monoisotopic (exact) mass is 693 g/mol. The molecule has 2 nitrogen and oxygen atoms in total. The Hall–Kier alpha value is -6.38. The van der Waals surface area contributed by atoms with Crippen molar-refractivity contribution in [1.29, 1.82) is 0 Å². The smallest absolute Gasteiger partial charge is 0.135 e. The molecule has 0 saturated carbocycles. The molecule has 1 heterocycles. The fourth-order valence-corrected chi connectivity index (χ4v) is 9.81. The van der Waals surface area contributed by atoms with Crippen LogP contribution in [0.2, 0.25) is 0 Å². The number of anilines is 3. The summed E-state index contributed by atoms with van der Waals surface area (Å²) >= 11 is 0. The van der Waals surface area contributed by atoms with Crippen molar-refractivity contribution in [3.63, 3.8) is 0 Å². The van der Waals surface area contributed by atoms with Crippen LogP contribution in [0.4, 0.5) is 17.1 Å². The van der Waals surface area contributed by atoms with Gasteiger partial charge in [-0.3, -0.25) is 0 Å². The zero-order valence-corrected chi connectivity index (χ0v) is 30.7. The molecule has 2 heteroatoms. The number of allylic oxidation sites excluding steroid dienone is 4. The third-order valence-electron chi connectivity index (χ3n) is 12.6. The molecule has 8 aromatic rings. The lowest BCUT2D eigenvalue weighted by Crippen LogP contribution is -2.32. The molecule has 2 atom stereocenters. The van der Waals surface area contributed by atoms with Gasteiger partial charge in [0.2, 0.25) is 0 Å². The van der Waals surface area contributed by atoms with Gasteiger partial charge in [0.1, 0.15) is 11.2 Å². The zero-order chi connectivity index (χ0) is 36.2. The minimum absolute atomic E-state index is 0.0608. The number of nitrogens with zero attached hydrogens (tertiary/aromatic N) is 1. The number of hydrogen-bond acceptors (Lipinski definition) is 2. The molecule has 3 aliphatic carbocycles. The Kier molecular flexibility index (Phi) is 6.53. The van der Waals surface area contributed by atoms with E-state index in [1.165, 1.54) is 44.5 Å². The van der Waals surface area contributed by atoms with Crippen molar-refractivity contribution in [2.45, 2.75) is 37.5 Å². The topological polar surface area (TPSA) is 16.4 Å². The molecule has 2 unspecified atom stereocenters. The molecule has 54 heavy (non-hydrogen) atoms. The van der Waals surface area contributed by atoms with Crippen LogP contribution < -0.4 is 4.90 Å². The van der Waals surface area contributed by atoms with E-state index in [0.717, 1.165) is 50.1 Å². The summed E-state index contributed by atoms with van der Waals surface area (Å²) in [6.45, 7) is 7.11. The number of hydrogen-bond donors (Lipinski definition) is 0. The molecular weight excluding hydrogens is 655 g/mol. The van der Waals surface area contributed by atoms with Crippen molar-refractivity contribution in [2.24, 2.45) is 0 Å². The molecule has 0 aliphatic heterocycles. The lowest BCUT2D eigenvalue weighted by atomic mass is 9.61. The highest BCUT2D eigenvalue weighted by atomic mass is 16.3. The maximum absolute atomic E-state index is 6.19. The van der Waals surface area contributed by atoms with Gasteiger partial charge in [-0.25, -0.2) is 0 Å². The van der Waals surface area contributed by atoms with Crippen LogP contribution in [0.3, 0.4) is 0 Å². The van der Waals surface area contributed by atoms with Crippen LogP contribution in [0.25, 0.3) is 55.3 Å². The van der Waals surface area contributed by atoms with Gasteiger partial charge in [0.25, 0.3) is 0 Å². The molecule has 0 saturated heterocycles. The summed E-state index contributed by atoms with van der Waals surface area (Å²) in [5.74, 6) is 0.269. The van der Waals surface area contributed by atoms with Crippen molar-refractivity contribution in [2.75, 3.05) is 4.90 Å². The molecular formula is C52H39NO. The molecule has 0 bridgehead atoms. The van der Waals surface area contributed by atoms with E-state index in [4.69, 9.17) is 4.42 Å². The summed E-state index contributed by atoms with van der Waals surface area (Å²) < 4.78 is 6.19. The Bertz CT molecular complexity index is 2900. The number of para-hydroxylation sites is 1. The Labute approximate surface area is 316 Å². The van der Waals surface area contributed by atoms with Crippen molar-refractivity contribution in [3.8, 4) is 33.4 Å². The highest BCUT2D eigenvalue weighted by Crippen LogP contribution is 2.55. The van der Waals surface area contributed by atoms with Gasteiger partial charge in [0, 0.05) is 44.6 Å². The van der Waals surface area contributed by atoms with Gasteiger partial charge in [-0.15, -0.1) is 0 Å². The third-order valence-corrected chi connectivity index (χ3v) is 12.6. The fourth-order valence-electron chi connectivity index (χ4n) is 9.81. The van der Waals surface area contributed by atoms with Gasteiger partial charge in [-0.1, -0.05) is 142 Å². The zero-order valence-electron chi connectivity index (χ0n) is 30.7. The number of fused-ring (bicyclic) bond motifs is 12. The molecule has 3 aliphatic rings. The van der Waals surface area contributed by atoms with Crippen molar-refractivity contribution in [1.82, 2.24) is 0 Å². The van der Waals surface area contributed by atoms with Crippen LogP contribution in [-0.4, -0.2) is 0 Å². The molecule has 0 fully saturated rings. The summed E-state index contributed by atoms with van der Waals surface area (Å²) in [6.07, 6.45) is 9.23. The molecule has 0 N–H and O–H groups in total. The first-order valence-electron chi connectivity index (χ1n) is 19.0. The second-order valence-corrected chi connectivity index (χ2v) is 15.9. The molecule has 7 aromatic carbocycles. The van der Waals surface area contributed by atoms with Crippen molar-refractivity contribution < 1.29 is 4.42 Å². The van der Waals surface area contributed by atoms with E-state index in [-0.39, 0.29) is 16.7 Å². The van der Waals surface area contributed by atoms with Gasteiger partial charge in [0.05, 0.1) is 0 Å². The van der Waals surface area contributed by atoms with Crippen molar-refractivity contribution >= 4 is 39.0 Å². The molecule has 258 valence electrons. The number of furan rings is 1. The third kappa shape index (κ3) is 4.40. The first kappa shape index (κ1) is 31.2. The highest BCUT2D eigenvalue weighted by molar-refractivity contribution is 6.06. The molecule has 0 amide bonds. The minimum atomic E-state index is -0.175. The van der Waals surface area contributed by atoms with Crippen LogP contribution in [0, 0.1) is 0 Å². The molecule has 0 spiro atoms.